The van der Waals surface area contributed by atoms with Crippen molar-refractivity contribution in [1.29, 1.82) is 0 Å². The van der Waals surface area contributed by atoms with Gasteiger partial charge >= 0.3 is 0 Å². The van der Waals surface area contributed by atoms with E-state index >= 15 is 0 Å². The number of likely N-dealkylation sites (tertiary alicyclic amines) is 1. The summed E-state index contributed by atoms with van der Waals surface area (Å²) in [5, 5.41) is 6.51. The third-order valence-corrected chi connectivity index (χ3v) is 5.26. The molecule has 4 nitrogen and oxygen atoms in total. The van der Waals surface area contributed by atoms with Crippen molar-refractivity contribution in [3.8, 4) is 0 Å². The molecule has 0 spiro atoms. The third kappa shape index (κ3) is 4.49. The smallest absolute Gasteiger partial charge is 0.223 e. The van der Waals surface area contributed by atoms with Crippen LogP contribution in [0.15, 0.2) is 18.2 Å². The van der Waals surface area contributed by atoms with E-state index in [0.717, 1.165) is 38.4 Å². The lowest BCUT2D eigenvalue weighted by Crippen LogP contribution is -2.46. The average molecular weight is 374 g/mol. The Morgan fingerprint density at radius 2 is 2.04 bits per heavy atom. The summed E-state index contributed by atoms with van der Waals surface area (Å²) < 4.78 is 26.8. The van der Waals surface area contributed by atoms with E-state index in [4.69, 9.17) is 0 Å². The maximum atomic E-state index is 13.6. The normalized spacial score (nSPS) is 29.9. The van der Waals surface area contributed by atoms with Gasteiger partial charge in [-0.3, -0.25) is 9.69 Å². The topological polar surface area (TPSA) is 44.4 Å². The molecule has 2 heterocycles. The van der Waals surface area contributed by atoms with E-state index in [2.05, 4.69) is 22.5 Å². The van der Waals surface area contributed by atoms with Crippen molar-refractivity contribution < 1.29 is 13.6 Å². The average Bonchev–Trinajstić information content (AvgIpc) is 2.90. The second-order valence-corrected chi connectivity index (χ2v) is 7.08. The number of amides is 1. The summed E-state index contributed by atoms with van der Waals surface area (Å²) in [5.41, 5.74) is 0.706. The molecule has 0 saturated carbocycles. The summed E-state index contributed by atoms with van der Waals surface area (Å²) in [4.78, 5) is 14.7. The van der Waals surface area contributed by atoms with Gasteiger partial charge in [0.25, 0.3) is 0 Å². The van der Waals surface area contributed by atoms with Crippen molar-refractivity contribution in [1.82, 2.24) is 15.5 Å². The molecular weight excluding hydrogens is 348 g/mol. The largest absolute Gasteiger partial charge is 0.351 e. The number of carbonyl (C=O) groups excluding carboxylic acids is 1. The first-order valence-electron chi connectivity index (χ1n) is 8.64. The summed E-state index contributed by atoms with van der Waals surface area (Å²) in [5.74, 6) is -1.58. The van der Waals surface area contributed by atoms with Gasteiger partial charge in [-0.05, 0) is 57.5 Å². The van der Waals surface area contributed by atoms with Crippen LogP contribution in [0.25, 0.3) is 0 Å². The van der Waals surface area contributed by atoms with Crippen molar-refractivity contribution in [3.63, 3.8) is 0 Å². The van der Waals surface area contributed by atoms with Crippen molar-refractivity contribution in [2.75, 3.05) is 20.1 Å². The molecule has 0 bridgehead atoms. The quantitative estimate of drug-likeness (QED) is 0.856. The molecule has 1 aromatic rings. The van der Waals surface area contributed by atoms with Gasteiger partial charge in [0, 0.05) is 24.5 Å². The molecule has 140 valence electrons. The van der Waals surface area contributed by atoms with Crippen LogP contribution in [0.2, 0.25) is 0 Å². The minimum absolute atomic E-state index is 0. The minimum atomic E-state index is -0.844. The molecule has 25 heavy (non-hydrogen) atoms. The first-order chi connectivity index (χ1) is 11.5. The highest BCUT2D eigenvalue weighted by atomic mass is 35.5. The fourth-order valence-corrected chi connectivity index (χ4v) is 3.95. The fraction of sp³-hybridized carbons (Fsp3) is 0.611. The third-order valence-electron chi connectivity index (χ3n) is 5.26. The summed E-state index contributed by atoms with van der Waals surface area (Å²) in [6.07, 6.45) is 2.49. The van der Waals surface area contributed by atoms with Crippen LogP contribution in [0.1, 0.15) is 37.8 Å². The lowest BCUT2D eigenvalue weighted by molar-refractivity contribution is -0.127. The molecule has 1 aromatic carbocycles. The number of carbonyl (C=O) groups is 1. The maximum Gasteiger partial charge on any atom is 0.223 e. The lowest BCUT2D eigenvalue weighted by atomic mass is 9.91. The molecule has 2 saturated heterocycles. The predicted molar refractivity (Wildman–Crippen MR) is 95.7 cm³/mol. The van der Waals surface area contributed by atoms with Gasteiger partial charge in [-0.15, -0.1) is 12.4 Å². The molecule has 7 heteroatoms. The van der Waals surface area contributed by atoms with Crippen molar-refractivity contribution in [3.05, 3.63) is 35.4 Å². The SMILES string of the molecule is C[C@H]1C[C@@H](C(=O)NC2CCN(C)C2c2ccc(F)c(F)c2)CCN1.Cl. The van der Waals surface area contributed by atoms with Crippen molar-refractivity contribution >= 4 is 18.3 Å². The van der Waals surface area contributed by atoms with E-state index in [0.29, 0.717) is 11.6 Å². The molecule has 2 N–H and O–H groups in total. The lowest BCUT2D eigenvalue weighted by Gasteiger charge is -2.30. The van der Waals surface area contributed by atoms with E-state index in [1.54, 1.807) is 6.07 Å². The molecular formula is C18H26ClF2N3O. The second-order valence-electron chi connectivity index (χ2n) is 7.08. The van der Waals surface area contributed by atoms with Gasteiger partial charge in [0.1, 0.15) is 0 Å². The molecule has 4 atom stereocenters. The van der Waals surface area contributed by atoms with Crippen LogP contribution in [-0.2, 0) is 4.79 Å². The molecule has 2 aliphatic rings. The van der Waals surface area contributed by atoms with Gasteiger partial charge in [0.15, 0.2) is 11.6 Å². The number of nitrogens with one attached hydrogen (secondary N) is 2. The van der Waals surface area contributed by atoms with Gasteiger partial charge < -0.3 is 10.6 Å². The summed E-state index contributed by atoms with van der Waals surface area (Å²) in [6.45, 7) is 3.76. The first kappa shape index (κ1) is 20.1. The van der Waals surface area contributed by atoms with Gasteiger partial charge in [-0.25, -0.2) is 8.78 Å². The highest BCUT2D eigenvalue weighted by Crippen LogP contribution is 2.32. The van der Waals surface area contributed by atoms with Crippen molar-refractivity contribution in [2.24, 2.45) is 5.92 Å². The Labute approximate surface area is 153 Å². The zero-order valence-electron chi connectivity index (χ0n) is 14.6. The zero-order valence-corrected chi connectivity index (χ0v) is 15.4. The number of rotatable bonds is 3. The second kappa shape index (κ2) is 8.43. The maximum absolute atomic E-state index is 13.6. The Morgan fingerprint density at radius 1 is 1.28 bits per heavy atom. The van der Waals surface area contributed by atoms with E-state index in [-0.39, 0.29) is 36.3 Å². The monoisotopic (exact) mass is 373 g/mol. The van der Waals surface area contributed by atoms with E-state index in [1.807, 2.05) is 7.05 Å². The summed E-state index contributed by atoms with van der Waals surface area (Å²) >= 11 is 0. The van der Waals surface area contributed by atoms with E-state index in [1.165, 1.54) is 6.07 Å². The Hall–Kier alpha value is -1.24. The predicted octanol–water partition coefficient (Wildman–Crippen LogP) is 2.64. The van der Waals surface area contributed by atoms with Crippen LogP contribution in [-0.4, -0.2) is 43.0 Å². The standard InChI is InChI=1S/C18H25F2N3O.ClH/c1-11-9-13(5-7-21-11)18(24)22-16-6-8-23(2)17(16)12-3-4-14(19)15(20)10-12;/h3-4,10-11,13,16-17,21H,5-9H2,1-2H3,(H,22,24);1H/t11-,13-,16?,17?;/m0./s1. The Morgan fingerprint density at radius 3 is 2.72 bits per heavy atom. The molecule has 0 aromatic heterocycles. The molecule has 0 radical (unpaired) electrons. The molecule has 2 fully saturated rings. The highest BCUT2D eigenvalue weighted by Gasteiger charge is 2.36. The fourth-order valence-electron chi connectivity index (χ4n) is 3.95. The Balaban J connectivity index is 0.00000225. The minimum Gasteiger partial charge on any atom is -0.351 e. The van der Waals surface area contributed by atoms with E-state index in [9.17, 15) is 13.6 Å². The van der Waals surface area contributed by atoms with Crippen LogP contribution in [0.4, 0.5) is 8.78 Å². The highest BCUT2D eigenvalue weighted by molar-refractivity contribution is 5.85. The number of hydrogen-bond donors (Lipinski definition) is 2. The molecule has 2 aliphatic heterocycles. The van der Waals surface area contributed by atoms with Gasteiger partial charge in [0.05, 0.1) is 6.04 Å². The zero-order chi connectivity index (χ0) is 17.3. The molecule has 3 rings (SSSR count). The van der Waals surface area contributed by atoms with Gasteiger partial charge in [0.2, 0.25) is 5.91 Å². The number of benzene rings is 1. The Bertz CT molecular complexity index is 616. The molecule has 1 amide bonds. The van der Waals surface area contributed by atoms with E-state index < -0.39 is 11.6 Å². The van der Waals surface area contributed by atoms with Crippen LogP contribution < -0.4 is 10.6 Å². The number of piperidine rings is 1. The van der Waals surface area contributed by atoms with Crippen molar-refractivity contribution in [2.45, 2.75) is 44.3 Å². The van der Waals surface area contributed by atoms with Crippen LogP contribution in [0.5, 0.6) is 0 Å². The molecule has 0 aliphatic carbocycles. The van der Waals surface area contributed by atoms with Crippen LogP contribution in [0.3, 0.4) is 0 Å². The first-order valence-corrected chi connectivity index (χ1v) is 8.64. The number of nitrogens with zero attached hydrogens (tertiary/aromatic N) is 1. The van der Waals surface area contributed by atoms with Gasteiger partial charge in [-0.2, -0.15) is 0 Å². The Kier molecular flexibility index (Phi) is 6.77. The van der Waals surface area contributed by atoms with Gasteiger partial charge in [-0.1, -0.05) is 6.07 Å². The summed E-state index contributed by atoms with van der Waals surface area (Å²) in [6, 6.07) is 4.16. The number of hydrogen-bond acceptors (Lipinski definition) is 3. The number of halogens is 3. The summed E-state index contributed by atoms with van der Waals surface area (Å²) in [7, 11) is 1.95. The van der Waals surface area contributed by atoms with Crippen LogP contribution >= 0.6 is 12.4 Å². The molecule has 2 unspecified atom stereocenters. The number of likely N-dealkylation sites (N-methyl/N-ethyl adjacent to an activating group) is 1. The van der Waals surface area contributed by atoms with Crippen LogP contribution in [0, 0.1) is 17.6 Å².